The number of nitrogens with two attached hydrogens (primary N) is 1. The second-order valence-electron chi connectivity index (χ2n) is 7.09. The van der Waals surface area contributed by atoms with Crippen LogP contribution in [-0.2, 0) is 16.1 Å². The van der Waals surface area contributed by atoms with Gasteiger partial charge in [0.15, 0.2) is 17.0 Å². The number of amides is 2. The molecule has 2 aromatic heterocycles. The van der Waals surface area contributed by atoms with Crippen LogP contribution in [0.3, 0.4) is 0 Å². The number of imidazole rings is 1. The fraction of sp³-hybridized carbons (Fsp3) is 0.316. The first-order valence-corrected chi connectivity index (χ1v) is 11.2. The number of rotatable bonds is 5. The average Bonchev–Trinajstić information content (AvgIpc) is 3.36. The Morgan fingerprint density at radius 2 is 1.97 bits per heavy atom. The molecule has 0 saturated carbocycles. The fourth-order valence-corrected chi connectivity index (χ4v) is 4.91. The van der Waals surface area contributed by atoms with Crippen LogP contribution in [0.4, 0.5) is 5.82 Å². The third kappa shape index (κ3) is 3.81. The minimum absolute atomic E-state index is 0.137. The molecule has 0 spiro atoms. The zero-order valence-corrected chi connectivity index (χ0v) is 18.7. The number of fused-ring (bicyclic) bond motifs is 2. The molecule has 1 fully saturated rings. The fourth-order valence-electron chi connectivity index (χ4n) is 3.53. The number of carbonyl (C=O) groups excluding carboxylic acids is 2. The van der Waals surface area contributed by atoms with Crippen LogP contribution in [-0.4, -0.2) is 45.0 Å². The Balaban J connectivity index is 1.41. The van der Waals surface area contributed by atoms with Gasteiger partial charge in [0.25, 0.3) is 5.65 Å². The van der Waals surface area contributed by atoms with Gasteiger partial charge in [0.1, 0.15) is 0 Å². The maximum absolute atomic E-state index is 12.1. The van der Waals surface area contributed by atoms with Gasteiger partial charge in [-0.3, -0.25) is 14.5 Å². The summed E-state index contributed by atoms with van der Waals surface area (Å²) in [5, 5.41) is 0.619. The number of nitrogen functional groups attached to an aromatic ring is 1. The lowest BCUT2D eigenvalue weighted by Gasteiger charge is -2.24. The number of benzene rings is 1. The summed E-state index contributed by atoms with van der Waals surface area (Å²) in [5.41, 5.74) is 7.25. The molecule has 12 heteroatoms. The van der Waals surface area contributed by atoms with Crippen LogP contribution in [0.5, 0.6) is 11.5 Å². The summed E-state index contributed by atoms with van der Waals surface area (Å²) in [6.07, 6.45) is 2.99. The van der Waals surface area contributed by atoms with Crippen molar-refractivity contribution in [1.29, 1.82) is 0 Å². The van der Waals surface area contributed by atoms with Gasteiger partial charge in [0.2, 0.25) is 35.9 Å². The molecule has 4 heterocycles. The number of likely N-dealkylation sites (tertiary alicyclic amines) is 1. The normalized spacial score (nSPS) is 15.8. The van der Waals surface area contributed by atoms with Crippen LogP contribution in [0.25, 0.3) is 11.2 Å². The summed E-state index contributed by atoms with van der Waals surface area (Å²) in [7, 11) is 0. The molecule has 0 unspecified atom stereocenters. The number of imide groups is 1. The third-order valence-electron chi connectivity index (χ3n) is 5.11. The van der Waals surface area contributed by atoms with Crippen LogP contribution in [0.2, 0.25) is 0 Å². The van der Waals surface area contributed by atoms with Gasteiger partial charge in [-0.15, -0.1) is 0 Å². The molecule has 2 amide bonds. The minimum Gasteiger partial charge on any atom is -0.454 e. The topological polar surface area (TPSA) is 127 Å². The standard InChI is InChI=1S/C19H17BrN6O4S/c20-10-6-11-12(30-9-29-11)7-13(10)31-19-23-16-17(21)22-8-25(18(16)24-19)4-5-26-14(27)2-1-3-15(26)28/h6-8H,1-5,9H2,(H2,21,23,24)/p+1. The van der Waals surface area contributed by atoms with Crippen LogP contribution >= 0.6 is 27.7 Å². The van der Waals surface area contributed by atoms with Crippen molar-refractivity contribution in [2.45, 2.75) is 35.9 Å². The first-order valence-electron chi connectivity index (χ1n) is 9.63. The maximum Gasteiger partial charge on any atom is 0.294 e. The molecule has 160 valence electrons. The first kappa shape index (κ1) is 20.1. The SMILES string of the molecule is Nc1nc[n+](CCN2C(=O)CCCC2=O)c2nc(Sc3cc4c(cc3Br)OCO4)[nH]c12. The maximum atomic E-state index is 12.1. The smallest absolute Gasteiger partial charge is 0.294 e. The third-order valence-corrected chi connectivity index (χ3v) is 6.97. The number of piperidine rings is 1. The lowest BCUT2D eigenvalue weighted by molar-refractivity contribution is -0.675. The van der Waals surface area contributed by atoms with Crippen molar-refractivity contribution in [1.82, 2.24) is 19.9 Å². The minimum atomic E-state index is -0.137. The summed E-state index contributed by atoms with van der Waals surface area (Å²) < 4.78 is 13.5. The number of hydrogen-bond acceptors (Lipinski definition) is 8. The van der Waals surface area contributed by atoms with Crippen molar-refractivity contribution < 1.29 is 23.6 Å². The molecule has 3 aromatic rings. The Morgan fingerprint density at radius 1 is 1.23 bits per heavy atom. The van der Waals surface area contributed by atoms with Gasteiger partial charge >= 0.3 is 0 Å². The van der Waals surface area contributed by atoms with Gasteiger partial charge in [-0.25, -0.2) is 4.57 Å². The Bertz CT molecular complexity index is 1200. The number of hydrogen-bond donors (Lipinski definition) is 2. The number of aromatic nitrogens is 4. The van der Waals surface area contributed by atoms with Gasteiger partial charge < -0.3 is 20.2 Å². The second kappa shape index (κ2) is 8.00. The Morgan fingerprint density at radius 3 is 2.74 bits per heavy atom. The molecule has 31 heavy (non-hydrogen) atoms. The van der Waals surface area contributed by atoms with Crippen LogP contribution < -0.4 is 19.8 Å². The molecule has 2 aliphatic heterocycles. The molecular formula is C19H18BrN6O4S+. The monoisotopic (exact) mass is 505 g/mol. The van der Waals surface area contributed by atoms with Crippen LogP contribution in [0, 0.1) is 0 Å². The molecule has 0 aliphatic carbocycles. The lowest BCUT2D eigenvalue weighted by Crippen LogP contribution is -2.47. The van der Waals surface area contributed by atoms with E-state index in [0.717, 1.165) is 9.37 Å². The first-order chi connectivity index (χ1) is 15.0. The van der Waals surface area contributed by atoms with Crippen molar-refractivity contribution in [3.8, 4) is 11.5 Å². The predicted octanol–water partition coefficient (Wildman–Crippen LogP) is 2.01. The number of nitrogens with one attached hydrogen (secondary N) is 1. The summed E-state index contributed by atoms with van der Waals surface area (Å²) in [4.78, 5) is 38.5. The summed E-state index contributed by atoms with van der Waals surface area (Å²) in [6, 6.07) is 3.74. The molecule has 3 N–H and O–H groups in total. The van der Waals surface area contributed by atoms with Gasteiger partial charge in [0, 0.05) is 22.2 Å². The van der Waals surface area contributed by atoms with Gasteiger partial charge in [-0.2, -0.15) is 0 Å². The van der Waals surface area contributed by atoms with E-state index in [2.05, 4.69) is 30.9 Å². The summed E-state index contributed by atoms with van der Waals surface area (Å²) >= 11 is 4.96. The average molecular weight is 506 g/mol. The molecular weight excluding hydrogens is 488 g/mol. The van der Waals surface area contributed by atoms with Crippen LogP contribution in [0.15, 0.2) is 33.0 Å². The highest BCUT2D eigenvalue weighted by atomic mass is 79.9. The number of carbonyl (C=O) groups is 2. The number of aromatic amines is 1. The van der Waals surface area contributed by atoms with Crippen molar-refractivity contribution in [3.63, 3.8) is 0 Å². The van der Waals surface area contributed by atoms with E-state index in [1.54, 1.807) is 10.9 Å². The van der Waals surface area contributed by atoms with E-state index in [1.807, 2.05) is 12.1 Å². The van der Waals surface area contributed by atoms with Crippen molar-refractivity contribution in [3.05, 3.63) is 22.9 Å². The Hall–Kier alpha value is -2.86. The van der Waals surface area contributed by atoms with E-state index in [0.29, 0.717) is 59.4 Å². The number of halogens is 1. The largest absolute Gasteiger partial charge is 0.454 e. The Labute approximate surface area is 189 Å². The van der Waals surface area contributed by atoms with Gasteiger partial charge in [0.05, 0.1) is 13.1 Å². The van der Waals surface area contributed by atoms with Crippen LogP contribution in [0.1, 0.15) is 19.3 Å². The van der Waals surface area contributed by atoms with E-state index in [-0.39, 0.29) is 25.2 Å². The molecule has 2 aliphatic rings. The van der Waals surface area contributed by atoms with Gasteiger partial charge in [-0.1, -0.05) is 9.97 Å². The molecule has 10 nitrogen and oxygen atoms in total. The highest BCUT2D eigenvalue weighted by Gasteiger charge is 2.27. The van der Waals surface area contributed by atoms with E-state index in [4.69, 9.17) is 15.2 Å². The number of ether oxygens (including phenoxy) is 2. The van der Waals surface area contributed by atoms with E-state index >= 15 is 0 Å². The molecule has 1 aromatic carbocycles. The molecule has 0 atom stereocenters. The van der Waals surface area contributed by atoms with E-state index in [9.17, 15) is 9.59 Å². The van der Waals surface area contributed by atoms with E-state index < -0.39 is 0 Å². The van der Waals surface area contributed by atoms with Gasteiger partial charge in [-0.05, 0) is 46.2 Å². The molecule has 1 saturated heterocycles. The zero-order chi connectivity index (χ0) is 21.5. The predicted molar refractivity (Wildman–Crippen MR) is 113 cm³/mol. The highest BCUT2D eigenvalue weighted by molar-refractivity contribution is 9.10. The van der Waals surface area contributed by atoms with Crippen molar-refractivity contribution >= 4 is 56.5 Å². The quantitative estimate of drug-likeness (QED) is 0.398. The second-order valence-corrected chi connectivity index (χ2v) is 8.98. The number of anilines is 1. The summed E-state index contributed by atoms with van der Waals surface area (Å²) in [6.45, 7) is 0.848. The Kier molecular flexibility index (Phi) is 5.18. The lowest BCUT2D eigenvalue weighted by atomic mass is 10.1. The number of nitrogens with zero attached hydrogens (tertiary/aromatic N) is 4. The molecule has 0 radical (unpaired) electrons. The highest BCUT2D eigenvalue weighted by Crippen LogP contribution is 2.42. The zero-order valence-electron chi connectivity index (χ0n) is 16.3. The van der Waals surface area contributed by atoms with Crippen molar-refractivity contribution in [2.75, 3.05) is 19.1 Å². The van der Waals surface area contributed by atoms with E-state index in [1.165, 1.54) is 16.7 Å². The summed E-state index contributed by atoms with van der Waals surface area (Å²) in [5.74, 6) is 1.41. The number of H-pyrrole nitrogens is 1. The molecule has 0 bridgehead atoms. The molecule has 5 rings (SSSR count). The van der Waals surface area contributed by atoms with Crippen molar-refractivity contribution in [2.24, 2.45) is 0 Å².